The van der Waals surface area contributed by atoms with Gasteiger partial charge >= 0.3 is 0 Å². The van der Waals surface area contributed by atoms with Gasteiger partial charge in [0.25, 0.3) is 0 Å². The summed E-state index contributed by atoms with van der Waals surface area (Å²) >= 11 is 0. The molecule has 1 aliphatic carbocycles. The first-order chi connectivity index (χ1) is 18.4. The molecule has 0 aromatic heterocycles. The lowest BCUT2D eigenvalue weighted by molar-refractivity contribution is 0.314. The first-order valence-corrected chi connectivity index (χ1v) is 13.3. The molecule has 0 N–H and O–H groups in total. The zero-order valence-corrected chi connectivity index (χ0v) is 21.9. The Hall–Kier alpha value is -3.52. The average Bonchev–Trinajstić information content (AvgIpc) is 2.93. The molecule has 1 aliphatic rings. The highest BCUT2D eigenvalue weighted by Gasteiger charge is 2.18. The van der Waals surface area contributed by atoms with E-state index in [9.17, 15) is 17.6 Å². The monoisotopic (exact) mass is 520 g/mol. The number of benzene rings is 3. The van der Waals surface area contributed by atoms with Gasteiger partial charge in [-0.25, -0.2) is 13.2 Å². The number of rotatable bonds is 8. The third-order valence-electron chi connectivity index (χ3n) is 7.03. The Bertz CT molecular complexity index is 1360. The molecule has 1 unspecified atom stereocenters. The summed E-state index contributed by atoms with van der Waals surface area (Å²) < 4.78 is 63.8. The zero-order valence-electron chi connectivity index (χ0n) is 21.9. The Morgan fingerprint density at radius 1 is 0.763 bits per heavy atom. The van der Waals surface area contributed by atoms with Crippen molar-refractivity contribution >= 4 is 0 Å². The molecule has 3 aromatic carbocycles. The summed E-state index contributed by atoms with van der Waals surface area (Å²) in [6.07, 6.45) is 10.1. The molecule has 0 bridgehead atoms. The summed E-state index contributed by atoms with van der Waals surface area (Å²) in [6, 6.07) is 12.0. The minimum Gasteiger partial charge on any atom is -0.491 e. The zero-order chi connectivity index (χ0) is 27.1. The van der Waals surface area contributed by atoms with Crippen LogP contribution in [0.5, 0.6) is 5.75 Å². The molecule has 1 atom stereocenters. The highest BCUT2D eigenvalue weighted by atomic mass is 19.2. The normalized spacial score (nSPS) is 15.0. The minimum atomic E-state index is -1.06. The summed E-state index contributed by atoms with van der Waals surface area (Å²) in [6.45, 7) is 4.10. The molecule has 1 nitrogen and oxygen atoms in total. The molecule has 0 fully saturated rings. The number of hydrogen-bond acceptors (Lipinski definition) is 1. The van der Waals surface area contributed by atoms with Gasteiger partial charge in [0, 0.05) is 11.1 Å². The largest absolute Gasteiger partial charge is 0.491 e. The van der Waals surface area contributed by atoms with E-state index in [1.165, 1.54) is 49.9 Å². The Labute approximate surface area is 222 Å². The summed E-state index contributed by atoms with van der Waals surface area (Å²) in [5.74, 6) is 2.30. The SMILES string of the molecule is CCCCCC1CC=C(C#Cc2ccc(-c3ccc(-c4ccc(OCC)c(F)c4F)cc3)c(F)c2F)CC1. The van der Waals surface area contributed by atoms with Crippen LogP contribution >= 0.6 is 0 Å². The van der Waals surface area contributed by atoms with E-state index in [2.05, 4.69) is 24.8 Å². The number of ether oxygens (including phenoxy) is 1. The van der Waals surface area contributed by atoms with E-state index in [1.54, 1.807) is 31.2 Å². The van der Waals surface area contributed by atoms with Crippen LogP contribution in [0.15, 0.2) is 60.2 Å². The summed E-state index contributed by atoms with van der Waals surface area (Å²) in [7, 11) is 0. The van der Waals surface area contributed by atoms with Crippen LogP contribution in [0, 0.1) is 41.0 Å². The lowest BCUT2D eigenvalue weighted by atomic mass is 9.86. The molecule has 0 spiro atoms. The Morgan fingerprint density at radius 2 is 1.42 bits per heavy atom. The average molecular weight is 521 g/mol. The highest BCUT2D eigenvalue weighted by molar-refractivity contribution is 5.72. The molecule has 0 aliphatic heterocycles. The molecule has 4 rings (SSSR count). The van der Waals surface area contributed by atoms with Gasteiger partial charge in [0.2, 0.25) is 5.82 Å². The van der Waals surface area contributed by atoms with Crippen molar-refractivity contribution in [2.24, 2.45) is 5.92 Å². The van der Waals surface area contributed by atoms with E-state index < -0.39 is 23.3 Å². The van der Waals surface area contributed by atoms with Crippen molar-refractivity contribution in [1.29, 1.82) is 0 Å². The van der Waals surface area contributed by atoms with Crippen LogP contribution in [0.4, 0.5) is 17.6 Å². The van der Waals surface area contributed by atoms with E-state index in [0.717, 1.165) is 24.8 Å². The van der Waals surface area contributed by atoms with Crippen LogP contribution in [0.2, 0.25) is 0 Å². The van der Waals surface area contributed by atoms with Gasteiger partial charge in [0.15, 0.2) is 23.2 Å². The fraction of sp³-hybridized carbons (Fsp3) is 0.333. The van der Waals surface area contributed by atoms with Crippen LogP contribution in [-0.4, -0.2) is 6.61 Å². The summed E-state index contributed by atoms with van der Waals surface area (Å²) in [5.41, 5.74) is 1.95. The molecule has 0 saturated carbocycles. The van der Waals surface area contributed by atoms with Crippen molar-refractivity contribution in [2.75, 3.05) is 6.61 Å². The highest BCUT2D eigenvalue weighted by Crippen LogP contribution is 2.33. The second-order valence-corrected chi connectivity index (χ2v) is 9.65. The second-order valence-electron chi connectivity index (χ2n) is 9.65. The van der Waals surface area contributed by atoms with E-state index in [4.69, 9.17) is 4.74 Å². The van der Waals surface area contributed by atoms with Gasteiger partial charge in [-0.15, -0.1) is 0 Å². The fourth-order valence-electron chi connectivity index (χ4n) is 4.81. The summed E-state index contributed by atoms with van der Waals surface area (Å²) in [5, 5.41) is 0. The first-order valence-electron chi connectivity index (χ1n) is 13.3. The molecule has 3 aromatic rings. The summed E-state index contributed by atoms with van der Waals surface area (Å²) in [4.78, 5) is 0. The van der Waals surface area contributed by atoms with Crippen molar-refractivity contribution in [3.05, 3.63) is 89.0 Å². The maximum atomic E-state index is 15.0. The minimum absolute atomic E-state index is 0.0146. The maximum Gasteiger partial charge on any atom is 0.201 e. The van der Waals surface area contributed by atoms with Gasteiger partial charge in [0.05, 0.1) is 12.2 Å². The molecule has 0 saturated heterocycles. The van der Waals surface area contributed by atoms with Crippen molar-refractivity contribution in [3.63, 3.8) is 0 Å². The molecule has 0 radical (unpaired) electrons. The number of allylic oxidation sites excluding steroid dienone is 2. The van der Waals surface area contributed by atoms with Gasteiger partial charge < -0.3 is 4.74 Å². The van der Waals surface area contributed by atoms with Crippen LogP contribution in [0.25, 0.3) is 22.3 Å². The van der Waals surface area contributed by atoms with Crippen molar-refractivity contribution in [1.82, 2.24) is 0 Å². The standard InChI is InChI=1S/C33H32F4O/c1-3-5-6-7-22-8-10-23(11-9-22)12-13-26-18-19-27(31(35)30(26)34)24-14-16-25(17-15-24)28-20-21-29(38-4-2)33(37)32(28)36/h10,14-22H,3-9,11H2,1-2H3. The maximum absolute atomic E-state index is 15.0. The van der Waals surface area contributed by atoms with Gasteiger partial charge in [-0.05, 0) is 73.1 Å². The third kappa shape index (κ3) is 6.30. The molecule has 0 amide bonds. The van der Waals surface area contributed by atoms with E-state index in [1.807, 2.05) is 0 Å². The Balaban J connectivity index is 1.49. The number of halogens is 4. The Kier molecular flexibility index (Phi) is 9.29. The molecule has 0 heterocycles. The van der Waals surface area contributed by atoms with E-state index >= 15 is 0 Å². The van der Waals surface area contributed by atoms with Gasteiger partial charge in [-0.1, -0.05) is 74.8 Å². The quantitative estimate of drug-likeness (QED) is 0.163. The predicted molar refractivity (Wildman–Crippen MR) is 145 cm³/mol. The van der Waals surface area contributed by atoms with Crippen molar-refractivity contribution in [2.45, 2.75) is 58.8 Å². The van der Waals surface area contributed by atoms with Crippen molar-refractivity contribution in [3.8, 4) is 39.8 Å². The fourth-order valence-corrected chi connectivity index (χ4v) is 4.81. The predicted octanol–water partition coefficient (Wildman–Crippen LogP) is 9.63. The lowest BCUT2D eigenvalue weighted by Crippen LogP contribution is -2.05. The van der Waals surface area contributed by atoms with Gasteiger partial charge in [0.1, 0.15) is 0 Å². The van der Waals surface area contributed by atoms with Crippen LogP contribution in [-0.2, 0) is 0 Å². The van der Waals surface area contributed by atoms with E-state index in [0.29, 0.717) is 17.0 Å². The second kappa shape index (κ2) is 12.8. The topological polar surface area (TPSA) is 9.23 Å². The molecule has 38 heavy (non-hydrogen) atoms. The van der Waals surface area contributed by atoms with Crippen LogP contribution < -0.4 is 4.74 Å². The lowest BCUT2D eigenvalue weighted by Gasteiger charge is -2.19. The van der Waals surface area contributed by atoms with Crippen LogP contribution in [0.3, 0.4) is 0 Å². The number of hydrogen-bond donors (Lipinski definition) is 0. The number of unbranched alkanes of at least 4 members (excludes halogenated alkanes) is 2. The van der Waals surface area contributed by atoms with E-state index in [-0.39, 0.29) is 29.0 Å². The van der Waals surface area contributed by atoms with Gasteiger partial charge in [-0.3, -0.25) is 0 Å². The third-order valence-corrected chi connectivity index (χ3v) is 7.03. The Morgan fingerprint density at radius 3 is 2.03 bits per heavy atom. The smallest absolute Gasteiger partial charge is 0.201 e. The molecular formula is C33H32F4O. The molecule has 5 heteroatoms. The van der Waals surface area contributed by atoms with Gasteiger partial charge in [-0.2, -0.15) is 4.39 Å². The van der Waals surface area contributed by atoms with Crippen LogP contribution in [0.1, 0.15) is 64.4 Å². The molecule has 198 valence electrons. The molecular weight excluding hydrogens is 488 g/mol. The first kappa shape index (κ1) is 27.5. The van der Waals surface area contributed by atoms with Crippen molar-refractivity contribution < 1.29 is 22.3 Å².